The standard InChI is InChI=1S/C29H39NO4/c1-7-8-19(13-20-11-17(4)27(31)18(5)12-20)9-10-24-25-21(16(2)3)14-22-26(23(25)15-34-24)29(33)30(6)28(22)32/h11-13,16,22-24,26,31H,7-10,14-15H2,1-6H3/b19-13+/t22-,23+,24-,26-/m1/s1. The van der Waals surface area contributed by atoms with Crippen molar-refractivity contribution in [1.82, 2.24) is 4.90 Å². The van der Waals surface area contributed by atoms with E-state index in [2.05, 4.69) is 26.8 Å². The average Bonchev–Trinajstić information content (AvgIpc) is 3.30. The Kier molecular flexibility index (Phi) is 7.04. The second-order valence-corrected chi connectivity index (χ2v) is 10.7. The molecule has 5 heteroatoms. The average molecular weight is 466 g/mol. The quantitative estimate of drug-likeness (QED) is 0.422. The Labute approximate surface area is 203 Å². The minimum Gasteiger partial charge on any atom is -0.507 e. The third kappa shape index (κ3) is 4.35. The number of nitrogens with zero attached hydrogens (tertiary/aromatic N) is 1. The first-order valence-electron chi connectivity index (χ1n) is 12.8. The highest BCUT2D eigenvalue weighted by Crippen LogP contribution is 2.51. The molecule has 0 aromatic heterocycles. The summed E-state index contributed by atoms with van der Waals surface area (Å²) in [7, 11) is 1.62. The van der Waals surface area contributed by atoms with E-state index in [4.69, 9.17) is 4.74 Å². The number of allylic oxidation sites excluding steroid dienone is 2. The summed E-state index contributed by atoms with van der Waals surface area (Å²) >= 11 is 0. The second kappa shape index (κ2) is 9.69. The normalized spacial score (nSPS) is 27.1. The number of aromatic hydroxyl groups is 1. The second-order valence-electron chi connectivity index (χ2n) is 10.7. The Morgan fingerprint density at radius 1 is 1.15 bits per heavy atom. The SMILES string of the molecule is CCC/C(=C\c1cc(C)c(O)c(C)c1)CC[C@H]1OC[C@H]2C1=C(C(C)C)C[C@H]1C(=O)N(C)C(=O)[C@H]12. The van der Waals surface area contributed by atoms with Gasteiger partial charge in [-0.1, -0.05) is 44.4 Å². The minimum atomic E-state index is -0.256. The van der Waals surface area contributed by atoms with Crippen LogP contribution < -0.4 is 0 Å². The Morgan fingerprint density at radius 2 is 1.82 bits per heavy atom. The molecule has 2 heterocycles. The first kappa shape index (κ1) is 24.7. The Hall–Kier alpha value is -2.40. The number of carbonyl (C=O) groups excluding carboxylic acids is 2. The minimum absolute atomic E-state index is 0.0145. The number of fused-ring (bicyclic) bond motifs is 3. The molecule has 2 fully saturated rings. The van der Waals surface area contributed by atoms with Gasteiger partial charge in [-0.15, -0.1) is 0 Å². The van der Waals surface area contributed by atoms with Gasteiger partial charge in [0.05, 0.1) is 24.5 Å². The fourth-order valence-electron chi connectivity index (χ4n) is 6.33. The molecular weight excluding hydrogens is 426 g/mol. The van der Waals surface area contributed by atoms with Crippen molar-refractivity contribution in [2.24, 2.45) is 23.7 Å². The summed E-state index contributed by atoms with van der Waals surface area (Å²) in [5.74, 6) is 0.205. The first-order valence-corrected chi connectivity index (χ1v) is 12.8. The summed E-state index contributed by atoms with van der Waals surface area (Å²) in [6.45, 7) is 11.0. The van der Waals surface area contributed by atoms with Gasteiger partial charge in [-0.05, 0) is 79.8 Å². The molecule has 2 saturated heterocycles. The lowest BCUT2D eigenvalue weighted by Crippen LogP contribution is -2.34. The maximum Gasteiger partial charge on any atom is 0.233 e. The van der Waals surface area contributed by atoms with Crippen molar-refractivity contribution in [1.29, 1.82) is 0 Å². The summed E-state index contributed by atoms with van der Waals surface area (Å²) in [4.78, 5) is 27.0. The van der Waals surface area contributed by atoms with Crippen LogP contribution in [0, 0.1) is 37.5 Å². The Bertz CT molecular complexity index is 1030. The van der Waals surface area contributed by atoms with Crippen molar-refractivity contribution in [3.63, 3.8) is 0 Å². The predicted molar refractivity (Wildman–Crippen MR) is 134 cm³/mol. The summed E-state index contributed by atoms with van der Waals surface area (Å²) in [6.07, 6.45) is 6.88. The van der Waals surface area contributed by atoms with E-state index in [1.54, 1.807) is 7.05 Å². The van der Waals surface area contributed by atoms with Gasteiger partial charge in [0, 0.05) is 13.0 Å². The van der Waals surface area contributed by atoms with Gasteiger partial charge in [0.25, 0.3) is 0 Å². The number of aryl methyl sites for hydroxylation is 2. The van der Waals surface area contributed by atoms with E-state index in [0.717, 1.165) is 42.4 Å². The zero-order valence-electron chi connectivity index (χ0n) is 21.5. The van der Waals surface area contributed by atoms with Crippen LogP contribution in [0.5, 0.6) is 5.75 Å². The molecule has 1 N–H and O–H groups in total. The van der Waals surface area contributed by atoms with Gasteiger partial charge < -0.3 is 9.84 Å². The van der Waals surface area contributed by atoms with Crippen LogP contribution >= 0.6 is 0 Å². The van der Waals surface area contributed by atoms with E-state index < -0.39 is 0 Å². The third-order valence-electron chi connectivity index (χ3n) is 8.04. The van der Waals surface area contributed by atoms with Crippen LogP contribution in [-0.4, -0.2) is 41.6 Å². The fraction of sp³-hybridized carbons (Fsp3) is 0.586. The van der Waals surface area contributed by atoms with Gasteiger partial charge >= 0.3 is 0 Å². The molecule has 1 aromatic carbocycles. The number of hydrogen-bond donors (Lipinski definition) is 1. The number of likely N-dealkylation sites (tertiary alicyclic amines) is 1. The smallest absolute Gasteiger partial charge is 0.233 e. The zero-order chi connectivity index (χ0) is 24.7. The van der Waals surface area contributed by atoms with E-state index >= 15 is 0 Å². The lowest BCUT2D eigenvalue weighted by Gasteiger charge is -2.33. The van der Waals surface area contributed by atoms with E-state index in [9.17, 15) is 14.7 Å². The molecule has 34 heavy (non-hydrogen) atoms. The molecular formula is C29H39NO4. The number of benzene rings is 1. The topological polar surface area (TPSA) is 66.8 Å². The van der Waals surface area contributed by atoms with Crippen molar-refractivity contribution < 1.29 is 19.4 Å². The Balaban J connectivity index is 1.58. The summed E-state index contributed by atoms with van der Waals surface area (Å²) in [5, 5.41) is 10.1. The molecule has 3 aliphatic rings. The lowest BCUT2D eigenvalue weighted by molar-refractivity contribution is -0.138. The highest BCUT2D eigenvalue weighted by Gasteiger charge is 2.56. The fourth-order valence-corrected chi connectivity index (χ4v) is 6.33. The Morgan fingerprint density at radius 3 is 2.44 bits per heavy atom. The van der Waals surface area contributed by atoms with Crippen molar-refractivity contribution >= 4 is 17.9 Å². The number of amides is 2. The van der Waals surface area contributed by atoms with Gasteiger partial charge in [0.15, 0.2) is 0 Å². The summed E-state index contributed by atoms with van der Waals surface area (Å²) < 4.78 is 6.34. The number of ether oxygens (including phenoxy) is 1. The van der Waals surface area contributed by atoms with Crippen LogP contribution in [0.1, 0.15) is 69.6 Å². The molecule has 4 atom stereocenters. The van der Waals surface area contributed by atoms with Gasteiger partial charge in [0.1, 0.15) is 5.75 Å². The molecule has 0 saturated carbocycles. The molecule has 5 nitrogen and oxygen atoms in total. The molecule has 2 amide bonds. The van der Waals surface area contributed by atoms with Gasteiger partial charge in [-0.2, -0.15) is 0 Å². The van der Waals surface area contributed by atoms with E-state index in [1.807, 2.05) is 26.0 Å². The first-order chi connectivity index (χ1) is 16.1. The van der Waals surface area contributed by atoms with E-state index in [1.165, 1.54) is 21.6 Å². The number of phenols is 1. The molecule has 0 bridgehead atoms. The van der Waals surface area contributed by atoms with E-state index in [0.29, 0.717) is 24.7 Å². The molecule has 2 aliphatic heterocycles. The molecule has 4 rings (SSSR count). The van der Waals surface area contributed by atoms with Crippen molar-refractivity contribution in [3.05, 3.63) is 45.5 Å². The predicted octanol–water partition coefficient (Wildman–Crippen LogP) is 5.58. The molecule has 0 spiro atoms. The van der Waals surface area contributed by atoms with Crippen LogP contribution in [0.25, 0.3) is 6.08 Å². The monoisotopic (exact) mass is 465 g/mol. The number of hydrogen-bond acceptors (Lipinski definition) is 4. The number of imide groups is 1. The molecule has 184 valence electrons. The summed E-state index contributed by atoms with van der Waals surface area (Å²) in [6, 6.07) is 4.08. The zero-order valence-corrected chi connectivity index (χ0v) is 21.5. The van der Waals surface area contributed by atoms with Crippen LogP contribution in [-0.2, 0) is 14.3 Å². The van der Waals surface area contributed by atoms with Gasteiger partial charge in [-0.3, -0.25) is 14.5 Å². The number of rotatable bonds is 7. The largest absolute Gasteiger partial charge is 0.507 e. The highest BCUT2D eigenvalue weighted by molar-refractivity contribution is 6.05. The van der Waals surface area contributed by atoms with Gasteiger partial charge in [-0.25, -0.2) is 0 Å². The lowest BCUT2D eigenvalue weighted by atomic mass is 9.67. The number of carbonyl (C=O) groups is 2. The van der Waals surface area contributed by atoms with Crippen molar-refractivity contribution in [2.45, 2.75) is 72.8 Å². The molecule has 0 radical (unpaired) electrons. The maximum atomic E-state index is 12.9. The van der Waals surface area contributed by atoms with Gasteiger partial charge in [0.2, 0.25) is 11.8 Å². The van der Waals surface area contributed by atoms with Crippen molar-refractivity contribution in [2.75, 3.05) is 13.7 Å². The van der Waals surface area contributed by atoms with E-state index in [-0.39, 0.29) is 35.7 Å². The van der Waals surface area contributed by atoms with Crippen LogP contribution in [0.15, 0.2) is 28.9 Å². The van der Waals surface area contributed by atoms with Crippen LogP contribution in [0.2, 0.25) is 0 Å². The molecule has 0 unspecified atom stereocenters. The third-order valence-corrected chi connectivity index (χ3v) is 8.04. The molecule has 1 aliphatic carbocycles. The summed E-state index contributed by atoms with van der Waals surface area (Å²) in [5.41, 5.74) is 6.94. The highest BCUT2D eigenvalue weighted by atomic mass is 16.5. The molecule has 1 aromatic rings. The number of phenolic OH excluding ortho intramolecular Hbond substituents is 1. The maximum absolute atomic E-state index is 12.9. The van der Waals surface area contributed by atoms with Crippen LogP contribution in [0.3, 0.4) is 0 Å². The van der Waals surface area contributed by atoms with Crippen LogP contribution in [0.4, 0.5) is 0 Å². The van der Waals surface area contributed by atoms with Crippen molar-refractivity contribution in [3.8, 4) is 5.75 Å².